The molecule has 0 aliphatic carbocycles. The average Bonchev–Trinajstić information content (AvgIpc) is 2.91. The number of rotatable bonds is 7. The maximum Gasteiger partial charge on any atom is 0.263 e. The van der Waals surface area contributed by atoms with Crippen LogP contribution >= 0.6 is 11.6 Å². The van der Waals surface area contributed by atoms with Gasteiger partial charge in [-0.3, -0.25) is 9.52 Å². The number of benzene rings is 3. The fourth-order valence-electron chi connectivity index (χ4n) is 3.47. The molecule has 3 aromatic rings. The van der Waals surface area contributed by atoms with Crippen molar-refractivity contribution >= 4 is 33.2 Å². The minimum Gasteiger partial charge on any atom is -0.492 e. The topological polar surface area (TPSA) is 84.9 Å². The smallest absolute Gasteiger partial charge is 0.263 e. The summed E-state index contributed by atoms with van der Waals surface area (Å²) in [5.41, 5.74) is 1.07. The van der Waals surface area contributed by atoms with Gasteiger partial charge < -0.3 is 14.4 Å². The molecule has 1 heterocycles. The SMILES string of the molecule is CC1Oc2ccc(NS(=O)(=O)c3ccc(Cl)cc3)cc2CN(CCOc2ccccc2)C1=O. The number of carbonyl (C=O) groups is 1. The number of sulfonamides is 1. The third kappa shape index (κ3) is 5.58. The number of para-hydroxylation sites is 1. The van der Waals surface area contributed by atoms with Gasteiger partial charge in [0.2, 0.25) is 0 Å². The summed E-state index contributed by atoms with van der Waals surface area (Å²) in [5, 5.41) is 0.450. The first-order chi connectivity index (χ1) is 15.8. The van der Waals surface area contributed by atoms with E-state index in [0.29, 0.717) is 35.2 Å². The van der Waals surface area contributed by atoms with Crippen molar-refractivity contribution in [3.05, 3.63) is 83.4 Å². The Morgan fingerprint density at radius 3 is 2.55 bits per heavy atom. The van der Waals surface area contributed by atoms with Gasteiger partial charge in [-0.05, 0) is 61.5 Å². The zero-order chi connectivity index (χ0) is 23.4. The van der Waals surface area contributed by atoms with E-state index in [1.165, 1.54) is 24.3 Å². The highest BCUT2D eigenvalue weighted by Gasteiger charge is 2.28. The number of hydrogen-bond acceptors (Lipinski definition) is 5. The van der Waals surface area contributed by atoms with E-state index in [9.17, 15) is 13.2 Å². The molecule has 3 aromatic carbocycles. The number of anilines is 1. The first kappa shape index (κ1) is 22.9. The molecule has 172 valence electrons. The molecule has 0 aromatic heterocycles. The molecule has 0 spiro atoms. The highest BCUT2D eigenvalue weighted by molar-refractivity contribution is 7.92. The monoisotopic (exact) mass is 486 g/mol. The molecule has 0 fully saturated rings. The van der Waals surface area contributed by atoms with Crippen LogP contribution in [0.2, 0.25) is 5.02 Å². The zero-order valence-electron chi connectivity index (χ0n) is 17.9. The highest BCUT2D eigenvalue weighted by atomic mass is 35.5. The lowest BCUT2D eigenvalue weighted by Crippen LogP contribution is -2.40. The van der Waals surface area contributed by atoms with Gasteiger partial charge in [-0.1, -0.05) is 29.8 Å². The molecule has 0 saturated heterocycles. The van der Waals surface area contributed by atoms with Crippen LogP contribution < -0.4 is 14.2 Å². The van der Waals surface area contributed by atoms with Crippen LogP contribution in [0.1, 0.15) is 12.5 Å². The number of ether oxygens (including phenoxy) is 2. The normalized spacial score (nSPS) is 15.9. The number of nitrogens with zero attached hydrogens (tertiary/aromatic N) is 1. The molecule has 9 heteroatoms. The van der Waals surface area contributed by atoms with Crippen molar-refractivity contribution in [3.63, 3.8) is 0 Å². The van der Waals surface area contributed by atoms with E-state index >= 15 is 0 Å². The minimum atomic E-state index is -3.80. The second-order valence-electron chi connectivity index (χ2n) is 7.56. The summed E-state index contributed by atoms with van der Waals surface area (Å²) in [6.45, 7) is 2.65. The molecule has 1 N–H and O–H groups in total. The second kappa shape index (κ2) is 9.72. The van der Waals surface area contributed by atoms with E-state index in [2.05, 4.69) is 4.72 Å². The largest absolute Gasteiger partial charge is 0.492 e. The molecule has 33 heavy (non-hydrogen) atoms. The lowest BCUT2D eigenvalue weighted by Gasteiger charge is -2.22. The number of amides is 1. The summed E-state index contributed by atoms with van der Waals surface area (Å²) in [7, 11) is -3.80. The van der Waals surface area contributed by atoms with Crippen LogP contribution in [0.4, 0.5) is 5.69 Å². The molecule has 7 nitrogen and oxygen atoms in total. The van der Waals surface area contributed by atoms with Crippen molar-refractivity contribution in [2.75, 3.05) is 17.9 Å². The standard InChI is InChI=1S/C24H23ClN2O5S/c1-17-24(28)27(13-14-31-21-5-3-2-4-6-21)16-18-15-20(9-12-23(18)32-17)26-33(29,30)22-10-7-19(25)8-11-22/h2-12,15,17,26H,13-14,16H2,1H3. The Kier molecular flexibility index (Phi) is 6.76. The van der Waals surface area contributed by atoms with Crippen LogP contribution in [0.3, 0.4) is 0 Å². The third-order valence-corrected chi connectivity index (χ3v) is 6.78. The first-order valence-electron chi connectivity index (χ1n) is 10.4. The van der Waals surface area contributed by atoms with Gasteiger partial charge in [-0.15, -0.1) is 0 Å². The predicted molar refractivity (Wildman–Crippen MR) is 126 cm³/mol. The van der Waals surface area contributed by atoms with Gasteiger partial charge in [0, 0.05) is 22.8 Å². The zero-order valence-corrected chi connectivity index (χ0v) is 19.5. The van der Waals surface area contributed by atoms with Crippen LogP contribution in [0, 0.1) is 0 Å². The molecule has 1 unspecified atom stereocenters. The van der Waals surface area contributed by atoms with Gasteiger partial charge in [0.25, 0.3) is 15.9 Å². The fourth-order valence-corrected chi connectivity index (χ4v) is 4.65. The van der Waals surface area contributed by atoms with Crippen molar-refractivity contribution in [2.24, 2.45) is 0 Å². The van der Waals surface area contributed by atoms with Gasteiger partial charge in [0.15, 0.2) is 6.10 Å². The molecule has 0 bridgehead atoms. The molecular formula is C24H23ClN2O5S. The summed E-state index contributed by atoms with van der Waals surface area (Å²) in [5.74, 6) is 1.10. The van der Waals surface area contributed by atoms with Crippen molar-refractivity contribution in [3.8, 4) is 11.5 Å². The van der Waals surface area contributed by atoms with Crippen molar-refractivity contribution in [1.29, 1.82) is 0 Å². The Balaban J connectivity index is 1.50. The Bertz CT molecular complexity index is 1230. The van der Waals surface area contributed by atoms with Gasteiger partial charge in [-0.2, -0.15) is 0 Å². The Morgan fingerprint density at radius 2 is 1.82 bits per heavy atom. The molecule has 1 atom stereocenters. The summed E-state index contributed by atoms with van der Waals surface area (Å²) in [6, 6.07) is 20.2. The van der Waals surface area contributed by atoms with Gasteiger partial charge in [0.05, 0.1) is 11.4 Å². The van der Waals surface area contributed by atoms with Crippen LogP contribution in [0.15, 0.2) is 77.7 Å². The lowest BCUT2D eigenvalue weighted by molar-refractivity contribution is -0.138. The molecule has 4 rings (SSSR count). The summed E-state index contributed by atoms with van der Waals surface area (Å²) in [4.78, 5) is 14.6. The molecule has 0 saturated carbocycles. The first-order valence-corrected chi connectivity index (χ1v) is 12.2. The Labute approximate surface area is 197 Å². The maximum atomic E-state index is 12.8. The van der Waals surface area contributed by atoms with Crippen LogP contribution in [0.25, 0.3) is 0 Å². The summed E-state index contributed by atoms with van der Waals surface area (Å²) in [6.07, 6.45) is -0.667. The maximum absolute atomic E-state index is 12.8. The molecule has 1 amide bonds. The predicted octanol–water partition coefficient (Wildman–Crippen LogP) is 4.33. The number of nitrogens with one attached hydrogen (secondary N) is 1. The van der Waals surface area contributed by atoms with E-state index in [-0.39, 0.29) is 17.3 Å². The number of halogens is 1. The Morgan fingerprint density at radius 1 is 1.09 bits per heavy atom. The minimum absolute atomic E-state index is 0.0987. The van der Waals surface area contributed by atoms with Crippen molar-refractivity contribution in [2.45, 2.75) is 24.5 Å². The van der Waals surface area contributed by atoms with E-state index in [1.807, 2.05) is 30.3 Å². The van der Waals surface area contributed by atoms with Crippen LogP contribution in [0.5, 0.6) is 11.5 Å². The van der Waals surface area contributed by atoms with E-state index in [0.717, 1.165) is 5.75 Å². The molecule has 0 radical (unpaired) electrons. The number of hydrogen-bond donors (Lipinski definition) is 1. The van der Waals surface area contributed by atoms with Gasteiger partial charge in [0.1, 0.15) is 18.1 Å². The van der Waals surface area contributed by atoms with E-state index in [1.54, 1.807) is 30.0 Å². The average molecular weight is 487 g/mol. The van der Waals surface area contributed by atoms with Crippen LogP contribution in [-0.4, -0.2) is 38.5 Å². The van der Waals surface area contributed by atoms with Crippen molar-refractivity contribution in [1.82, 2.24) is 4.90 Å². The highest BCUT2D eigenvalue weighted by Crippen LogP contribution is 2.29. The van der Waals surface area contributed by atoms with E-state index < -0.39 is 16.1 Å². The van der Waals surface area contributed by atoms with Gasteiger partial charge >= 0.3 is 0 Å². The third-order valence-electron chi connectivity index (χ3n) is 5.13. The lowest BCUT2D eigenvalue weighted by atomic mass is 10.1. The molecule has 1 aliphatic rings. The molecule has 1 aliphatic heterocycles. The summed E-state index contributed by atoms with van der Waals surface area (Å²) < 4.78 is 39.6. The molecular weight excluding hydrogens is 464 g/mol. The second-order valence-corrected chi connectivity index (χ2v) is 9.68. The fraction of sp³-hybridized carbons (Fsp3) is 0.208. The van der Waals surface area contributed by atoms with Gasteiger partial charge in [-0.25, -0.2) is 8.42 Å². The van der Waals surface area contributed by atoms with Crippen LogP contribution in [-0.2, 0) is 21.4 Å². The van der Waals surface area contributed by atoms with E-state index in [4.69, 9.17) is 21.1 Å². The number of carbonyl (C=O) groups excluding carboxylic acids is 1. The quantitative estimate of drug-likeness (QED) is 0.537. The summed E-state index contributed by atoms with van der Waals surface area (Å²) >= 11 is 5.85. The number of fused-ring (bicyclic) bond motifs is 1. The Hall–Kier alpha value is -3.23. The van der Waals surface area contributed by atoms with Crippen molar-refractivity contribution < 1.29 is 22.7 Å².